The Morgan fingerprint density at radius 1 is 1.09 bits per heavy atom. The van der Waals surface area contributed by atoms with Gasteiger partial charge >= 0.3 is 12.2 Å². The topological polar surface area (TPSA) is 37.3 Å². The molecule has 0 aliphatic heterocycles. The van der Waals surface area contributed by atoms with Crippen LogP contribution >= 0.6 is 0 Å². The van der Waals surface area contributed by atoms with E-state index in [9.17, 15) is 18.0 Å². The van der Waals surface area contributed by atoms with Crippen molar-refractivity contribution < 1.29 is 18.0 Å². The highest BCUT2D eigenvalue weighted by Crippen LogP contribution is 2.29. The Bertz CT molecular complexity index is 1050. The smallest absolute Gasteiger partial charge is 0.345 e. The molecule has 2 amide bonds. The first-order chi connectivity index (χ1) is 15.3. The maximum Gasteiger partial charge on any atom is 0.416 e. The number of hydrogen-bond donors (Lipinski definition) is 1. The van der Waals surface area contributed by atoms with E-state index in [1.807, 2.05) is 41.0 Å². The molecule has 1 aromatic heterocycles. The molecule has 32 heavy (non-hydrogen) atoms. The lowest BCUT2D eigenvalue weighted by Gasteiger charge is -2.23. The van der Waals surface area contributed by atoms with Gasteiger partial charge in [0.25, 0.3) is 0 Å². The van der Waals surface area contributed by atoms with Gasteiger partial charge in [-0.25, -0.2) is 4.79 Å². The standard InChI is InChI=1S/C25H26F3N3O/c1-3-14-31(24(32)29-22-12-10-19(4-2)11-13-22)18-23-9-6-15-30(23)17-20-7-5-8-21(16-20)25(26,27)28/h3,5-13,15-16H,1,4,14,17-18H2,2H3,(H,29,32). The third-order valence-corrected chi connectivity index (χ3v) is 5.13. The summed E-state index contributed by atoms with van der Waals surface area (Å²) in [6.07, 6.45) is -0.0354. The average molecular weight is 441 g/mol. The van der Waals surface area contributed by atoms with E-state index < -0.39 is 11.7 Å². The summed E-state index contributed by atoms with van der Waals surface area (Å²) in [4.78, 5) is 14.4. The molecule has 3 rings (SSSR count). The van der Waals surface area contributed by atoms with E-state index in [1.165, 1.54) is 11.6 Å². The van der Waals surface area contributed by atoms with Crippen LogP contribution in [0.25, 0.3) is 0 Å². The predicted molar refractivity (Wildman–Crippen MR) is 120 cm³/mol. The molecule has 0 spiro atoms. The SMILES string of the molecule is C=CCN(Cc1cccn1Cc1cccc(C(F)(F)F)c1)C(=O)Nc1ccc(CC)cc1. The quantitative estimate of drug-likeness (QED) is 0.407. The van der Waals surface area contributed by atoms with E-state index in [4.69, 9.17) is 0 Å². The minimum atomic E-state index is -4.39. The van der Waals surface area contributed by atoms with E-state index >= 15 is 0 Å². The third kappa shape index (κ3) is 6.03. The summed E-state index contributed by atoms with van der Waals surface area (Å²) >= 11 is 0. The number of carbonyl (C=O) groups is 1. The molecule has 0 fully saturated rings. The van der Waals surface area contributed by atoms with Gasteiger partial charge in [-0.1, -0.05) is 37.3 Å². The monoisotopic (exact) mass is 441 g/mol. The van der Waals surface area contributed by atoms with Crippen LogP contribution < -0.4 is 5.32 Å². The number of rotatable bonds is 8. The van der Waals surface area contributed by atoms with Crippen molar-refractivity contribution in [2.24, 2.45) is 0 Å². The molecule has 1 N–H and O–H groups in total. The molecule has 7 heteroatoms. The van der Waals surface area contributed by atoms with E-state index in [0.717, 1.165) is 24.2 Å². The summed E-state index contributed by atoms with van der Waals surface area (Å²) in [5.41, 5.74) is 2.54. The Kier molecular flexibility index (Phi) is 7.41. The second kappa shape index (κ2) is 10.2. The summed E-state index contributed by atoms with van der Waals surface area (Å²) < 4.78 is 40.9. The van der Waals surface area contributed by atoms with Crippen molar-refractivity contribution in [1.82, 2.24) is 9.47 Å². The van der Waals surface area contributed by atoms with Gasteiger partial charge in [0.1, 0.15) is 0 Å². The van der Waals surface area contributed by atoms with E-state index in [2.05, 4.69) is 18.8 Å². The zero-order valence-corrected chi connectivity index (χ0v) is 17.9. The van der Waals surface area contributed by atoms with Crippen LogP contribution in [0, 0.1) is 0 Å². The molecule has 0 radical (unpaired) electrons. The van der Waals surface area contributed by atoms with Crippen molar-refractivity contribution in [1.29, 1.82) is 0 Å². The van der Waals surface area contributed by atoms with E-state index in [-0.39, 0.29) is 19.1 Å². The summed E-state index contributed by atoms with van der Waals surface area (Å²) in [5.74, 6) is 0. The number of aryl methyl sites for hydroxylation is 1. The van der Waals surface area contributed by atoms with Crippen LogP contribution in [0.4, 0.5) is 23.7 Å². The first-order valence-corrected chi connectivity index (χ1v) is 10.4. The van der Waals surface area contributed by atoms with Gasteiger partial charge in [0, 0.05) is 30.7 Å². The number of urea groups is 1. The number of anilines is 1. The molecular weight excluding hydrogens is 415 g/mol. The third-order valence-electron chi connectivity index (χ3n) is 5.13. The largest absolute Gasteiger partial charge is 0.416 e. The molecule has 2 aromatic carbocycles. The van der Waals surface area contributed by atoms with Gasteiger partial charge < -0.3 is 14.8 Å². The molecule has 1 heterocycles. The van der Waals surface area contributed by atoms with Gasteiger partial charge in [-0.15, -0.1) is 6.58 Å². The Morgan fingerprint density at radius 2 is 1.84 bits per heavy atom. The Morgan fingerprint density at radius 3 is 2.50 bits per heavy atom. The second-order valence-electron chi connectivity index (χ2n) is 7.48. The number of nitrogens with one attached hydrogen (secondary N) is 1. The molecule has 3 aromatic rings. The molecule has 0 unspecified atom stereocenters. The summed E-state index contributed by atoms with van der Waals surface area (Å²) in [6.45, 7) is 6.68. The minimum Gasteiger partial charge on any atom is -0.345 e. The number of hydrogen-bond acceptors (Lipinski definition) is 1. The van der Waals surface area contributed by atoms with Crippen LogP contribution in [0.3, 0.4) is 0 Å². The van der Waals surface area contributed by atoms with Gasteiger partial charge in [0.2, 0.25) is 0 Å². The zero-order chi connectivity index (χ0) is 23.1. The first-order valence-electron chi connectivity index (χ1n) is 10.4. The highest BCUT2D eigenvalue weighted by molar-refractivity contribution is 5.89. The van der Waals surface area contributed by atoms with Crippen molar-refractivity contribution >= 4 is 11.7 Å². The normalized spacial score (nSPS) is 11.2. The molecule has 0 aliphatic rings. The predicted octanol–water partition coefficient (Wildman–Crippen LogP) is 6.34. The van der Waals surface area contributed by atoms with E-state index in [0.29, 0.717) is 17.8 Å². The van der Waals surface area contributed by atoms with Crippen molar-refractivity contribution in [3.05, 3.63) is 102 Å². The van der Waals surface area contributed by atoms with Crippen molar-refractivity contribution in [3.63, 3.8) is 0 Å². The number of carbonyl (C=O) groups excluding carboxylic acids is 1. The number of halogens is 3. The molecule has 168 valence electrons. The van der Waals surface area contributed by atoms with Gasteiger partial charge in [-0.05, 0) is 53.9 Å². The summed E-state index contributed by atoms with van der Waals surface area (Å²) in [7, 11) is 0. The second-order valence-corrected chi connectivity index (χ2v) is 7.48. The number of alkyl halides is 3. The maximum atomic E-state index is 13.0. The van der Waals surface area contributed by atoms with Crippen molar-refractivity contribution in [2.45, 2.75) is 32.6 Å². The minimum absolute atomic E-state index is 0.272. The molecule has 0 bridgehead atoms. The molecule has 0 aliphatic carbocycles. The Labute approximate surface area is 186 Å². The Hall–Kier alpha value is -3.48. The van der Waals surface area contributed by atoms with Crippen LogP contribution in [-0.2, 0) is 25.7 Å². The van der Waals surface area contributed by atoms with Crippen LogP contribution in [0.5, 0.6) is 0 Å². The molecule has 0 saturated carbocycles. The molecular formula is C25H26F3N3O. The number of amides is 2. The van der Waals surface area contributed by atoms with Crippen molar-refractivity contribution in [3.8, 4) is 0 Å². The Balaban J connectivity index is 1.73. The maximum absolute atomic E-state index is 13.0. The van der Waals surface area contributed by atoms with Gasteiger partial charge in [0.05, 0.1) is 12.1 Å². The van der Waals surface area contributed by atoms with Gasteiger partial charge in [-0.3, -0.25) is 0 Å². The van der Waals surface area contributed by atoms with E-state index in [1.54, 1.807) is 23.2 Å². The summed E-state index contributed by atoms with van der Waals surface area (Å²) in [5, 5.41) is 2.89. The highest BCUT2D eigenvalue weighted by atomic mass is 19.4. The van der Waals surface area contributed by atoms with Crippen LogP contribution in [-0.4, -0.2) is 22.0 Å². The number of benzene rings is 2. The van der Waals surface area contributed by atoms with Crippen molar-refractivity contribution in [2.75, 3.05) is 11.9 Å². The first kappa shape index (κ1) is 23.2. The summed E-state index contributed by atoms with van der Waals surface area (Å²) in [6, 6.07) is 16.3. The fourth-order valence-electron chi connectivity index (χ4n) is 3.39. The van der Waals surface area contributed by atoms with Crippen LogP contribution in [0.15, 0.2) is 79.5 Å². The molecule has 0 saturated heterocycles. The fourth-order valence-corrected chi connectivity index (χ4v) is 3.39. The number of nitrogens with zero attached hydrogens (tertiary/aromatic N) is 2. The van der Waals surface area contributed by atoms with Crippen LogP contribution in [0.1, 0.15) is 29.3 Å². The highest BCUT2D eigenvalue weighted by Gasteiger charge is 2.30. The van der Waals surface area contributed by atoms with Gasteiger partial charge in [0.15, 0.2) is 0 Å². The van der Waals surface area contributed by atoms with Gasteiger partial charge in [-0.2, -0.15) is 13.2 Å². The molecule has 0 atom stereocenters. The van der Waals surface area contributed by atoms with Crippen LogP contribution in [0.2, 0.25) is 0 Å². The fraction of sp³-hybridized carbons (Fsp3) is 0.240. The zero-order valence-electron chi connectivity index (χ0n) is 17.9. The number of aromatic nitrogens is 1. The lowest BCUT2D eigenvalue weighted by molar-refractivity contribution is -0.137. The average Bonchev–Trinajstić information content (AvgIpc) is 3.20. The molecule has 4 nitrogen and oxygen atoms in total. The lowest BCUT2D eigenvalue weighted by Crippen LogP contribution is -2.35. The lowest BCUT2D eigenvalue weighted by atomic mass is 10.1.